The number of rotatable bonds is 3. The topological polar surface area (TPSA) is 64.2 Å². The van der Waals surface area contributed by atoms with Gasteiger partial charge in [-0.3, -0.25) is 9.97 Å². The fourth-order valence-corrected chi connectivity index (χ4v) is 3.06. The van der Waals surface area contributed by atoms with Crippen molar-refractivity contribution in [1.82, 2.24) is 9.97 Å². The predicted octanol–water partition coefficient (Wildman–Crippen LogP) is 3.88. The SMILES string of the molecule is CC(C)c1cnc(C2C=C(c3ccc(F)cc3)N=C(N)S2)cn1. The van der Waals surface area contributed by atoms with Crippen LogP contribution in [0.3, 0.4) is 0 Å². The second-order valence-corrected chi connectivity index (χ2v) is 6.73. The van der Waals surface area contributed by atoms with Crippen molar-refractivity contribution in [2.75, 3.05) is 0 Å². The number of thioether (sulfide) groups is 1. The maximum Gasteiger partial charge on any atom is 0.160 e. The second kappa shape index (κ2) is 6.50. The van der Waals surface area contributed by atoms with E-state index in [-0.39, 0.29) is 11.1 Å². The molecule has 2 heterocycles. The van der Waals surface area contributed by atoms with Gasteiger partial charge in [-0.05, 0) is 36.3 Å². The second-order valence-electron chi connectivity index (χ2n) is 5.57. The number of halogens is 1. The van der Waals surface area contributed by atoms with Gasteiger partial charge in [0.25, 0.3) is 0 Å². The van der Waals surface area contributed by atoms with Crippen LogP contribution in [-0.4, -0.2) is 15.1 Å². The van der Waals surface area contributed by atoms with E-state index in [1.54, 1.807) is 24.5 Å². The Morgan fingerprint density at radius 1 is 1.13 bits per heavy atom. The van der Waals surface area contributed by atoms with Crippen molar-refractivity contribution < 1.29 is 4.39 Å². The van der Waals surface area contributed by atoms with E-state index < -0.39 is 0 Å². The van der Waals surface area contributed by atoms with Gasteiger partial charge in [-0.25, -0.2) is 9.38 Å². The lowest BCUT2D eigenvalue weighted by atomic mass is 10.1. The van der Waals surface area contributed by atoms with Gasteiger partial charge in [-0.15, -0.1) is 0 Å². The van der Waals surface area contributed by atoms with E-state index in [1.807, 2.05) is 6.08 Å². The van der Waals surface area contributed by atoms with Gasteiger partial charge < -0.3 is 5.73 Å². The van der Waals surface area contributed by atoms with Gasteiger partial charge in [-0.2, -0.15) is 0 Å². The summed E-state index contributed by atoms with van der Waals surface area (Å²) < 4.78 is 13.1. The van der Waals surface area contributed by atoms with Gasteiger partial charge in [0.05, 0.1) is 28.5 Å². The highest BCUT2D eigenvalue weighted by molar-refractivity contribution is 8.14. The molecule has 1 atom stereocenters. The summed E-state index contributed by atoms with van der Waals surface area (Å²) in [4.78, 5) is 13.3. The van der Waals surface area contributed by atoms with Crippen LogP contribution in [0.4, 0.5) is 4.39 Å². The highest BCUT2D eigenvalue weighted by atomic mass is 32.2. The molecule has 1 aromatic heterocycles. The number of amidine groups is 1. The smallest absolute Gasteiger partial charge is 0.160 e. The van der Waals surface area contributed by atoms with E-state index in [0.29, 0.717) is 11.1 Å². The third kappa shape index (κ3) is 3.59. The van der Waals surface area contributed by atoms with E-state index in [0.717, 1.165) is 22.6 Å². The summed E-state index contributed by atoms with van der Waals surface area (Å²) in [5.41, 5.74) is 9.28. The molecule has 1 aliphatic heterocycles. The summed E-state index contributed by atoms with van der Waals surface area (Å²) in [6.45, 7) is 4.16. The molecule has 4 nitrogen and oxygen atoms in total. The van der Waals surface area contributed by atoms with Gasteiger partial charge in [0.15, 0.2) is 5.17 Å². The third-order valence-corrected chi connectivity index (χ3v) is 4.47. The lowest BCUT2D eigenvalue weighted by Crippen LogP contribution is -2.14. The number of hydrogen-bond donors (Lipinski definition) is 1. The fraction of sp³-hybridized carbons (Fsp3) is 0.235. The lowest BCUT2D eigenvalue weighted by molar-refractivity contribution is 0.627. The van der Waals surface area contributed by atoms with Crippen molar-refractivity contribution in [2.24, 2.45) is 10.7 Å². The maximum atomic E-state index is 13.1. The molecule has 1 aliphatic rings. The Bertz CT molecular complexity index is 751. The molecule has 0 saturated carbocycles. The van der Waals surface area contributed by atoms with Crippen LogP contribution in [-0.2, 0) is 0 Å². The fourth-order valence-electron chi connectivity index (χ4n) is 2.21. The number of nitrogens with two attached hydrogens (primary N) is 1. The molecule has 0 amide bonds. The molecular formula is C17H17FN4S. The van der Waals surface area contributed by atoms with Gasteiger partial charge >= 0.3 is 0 Å². The van der Waals surface area contributed by atoms with E-state index in [2.05, 4.69) is 28.8 Å². The molecule has 0 spiro atoms. The van der Waals surface area contributed by atoms with Crippen molar-refractivity contribution in [3.8, 4) is 0 Å². The minimum Gasteiger partial charge on any atom is -0.378 e. The van der Waals surface area contributed by atoms with Gasteiger partial charge in [0.1, 0.15) is 5.82 Å². The van der Waals surface area contributed by atoms with E-state index in [9.17, 15) is 4.39 Å². The van der Waals surface area contributed by atoms with Gasteiger partial charge in [-0.1, -0.05) is 25.6 Å². The Labute approximate surface area is 138 Å². The summed E-state index contributed by atoms with van der Waals surface area (Å²) in [7, 11) is 0. The monoisotopic (exact) mass is 328 g/mol. The van der Waals surface area contributed by atoms with Crippen LogP contribution in [0.25, 0.3) is 5.70 Å². The Kier molecular flexibility index (Phi) is 4.43. The first kappa shape index (κ1) is 15.7. The average Bonchev–Trinajstić information content (AvgIpc) is 2.55. The molecule has 0 fully saturated rings. The quantitative estimate of drug-likeness (QED) is 0.928. The van der Waals surface area contributed by atoms with Crippen LogP contribution in [0.5, 0.6) is 0 Å². The van der Waals surface area contributed by atoms with Crippen LogP contribution >= 0.6 is 11.8 Å². The number of hydrogen-bond acceptors (Lipinski definition) is 5. The summed E-state index contributed by atoms with van der Waals surface area (Å²) in [5, 5.41) is 0.410. The molecule has 0 radical (unpaired) electrons. The highest BCUT2D eigenvalue weighted by Gasteiger charge is 2.20. The normalized spacial score (nSPS) is 17.8. The molecular weight excluding hydrogens is 311 g/mol. The molecule has 1 unspecified atom stereocenters. The molecule has 2 N–H and O–H groups in total. The first-order valence-electron chi connectivity index (χ1n) is 7.33. The maximum absolute atomic E-state index is 13.1. The first-order valence-corrected chi connectivity index (χ1v) is 8.21. The van der Waals surface area contributed by atoms with E-state index in [4.69, 9.17) is 5.73 Å². The molecule has 6 heteroatoms. The highest BCUT2D eigenvalue weighted by Crippen LogP contribution is 2.36. The Hall–Kier alpha value is -2.21. The molecule has 2 aromatic rings. The zero-order chi connectivity index (χ0) is 16.4. The first-order chi connectivity index (χ1) is 11.0. The molecule has 1 aromatic carbocycles. The molecule has 118 valence electrons. The van der Waals surface area contributed by atoms with E-state index >= 15 is 0 Å². The van der Waals surface area contributed by atoms with E-state index in [1.165, 1.54) is 23.9 Å². The zero-order valence-corrected chi connectivity index (χ0v) is 13.7. The summed E-state index contributed by atoms with van der Waals surface area (Å²) >= 11 is 1.43. The van der Waals surface area contributed by atoms with Crippen molar-refractivity contribution in [3.63, 3.8) is 0 Å². The minimum absolute atomic E-state index is 0.0544. The molecule has 0 saturated heterocycles. The average molecular weight is 328 g/mol. The molecule has 23 heavy (non-hydrogen) atoms. The standard InChI is InChI=1S/C17H17FN4S/c1-10(2)14-8-21-15(9-20-14)16-7-13(22-17(19)23-16)11-3-5-12(18)6-4-11/h3-10,16H,1-2H3,(H2,19,22). The third-order valence-electron chi connectivity index (χ3n) is 3.50. The predicted molar refractivity (Wildman–Crippen MR) is 92.5 cm³/mol. The molecule has 3 rings (SSSR count). The van der Waals surface area contributed by atoms with Crippen LogP contribution in [0.15, 0.2) is 47.7 Å². The van der Waals surface area contributed by atoms with Crippen LogP contribution < -0.4 is 5.73 Å². The number of aromatic nitrogens is 2. The van der Waals surface area contributed by atoms with Gasteiger partial charge in [0, 0.05) is 11.8 Å². The van der Waals surface area contributed by atoms with Crippen molar-refractivity contribution in [2.45, 2.75) is 25.0 Å². The molecule has 0 aliphatic carbocycles. The van der Waals surface area contributed by atoms with Crippen molar-refractivity contribution >= 4 is 22.6 Å². The number of benzene rings is 1. The lowest BCUT2D eigenvalue weighted by Gasteiger charge is -2.18. The minimum atomic E-state index is -0.275. The Balaban J connectivity index is 1.91. The Morgan fingerprint density at radius 2 is 1.87 bits per heavy atom. The van der Waals surface area contributed by atoms with Crippen molar-refractivity contribution in [3.05, 3.63) is 65.5 Å². The summed E-state index contributed by atoms with van der Waals surface area (Å²) in [5.74, 6) is 0.0654. The van der Waals surface area contributed by atoms with Crippen LogP contribution in [0.1, 0.15) is 42.0 Å². The largest absolute Gasteiger partial charge is 0.378 e. The summed E-state index contributed by atoms with van der Waals surface area (Å²) in [6, 6.07) is 6.21. The zero-order valence-electron chi connectivity index (χ0n) is 12.9. The Morgan fingerprint density at radius 3 is 2.48 bits per heavy atom. The summed E-state index contributed by atoms with van der Waals surface area (Å²) in [6.07, 6.45) is 5.56. The molecule has 0 bridgehead atoms. The number of nitrogens with zero attached hydrogens (tertiary/aromatic N) is 3. The van der Waals surface area contributed by atoms with Crippen molar-refractivity contribution in [1.29, 1.82) is 0 Å². The number of aliphatic imine (C=N–C) groups is 1. The van der Waals surface area contributed by atoms with Crippen LogP contribution in [0, 0.1) is 5.82 Å². The van der Waals surface area contributed by atoms with Crippen LogP contribution in [0.2, 0.25) is 0 Å². The van der Waals surface area contributed by atoms with Gasteiger partial charge in [0.2, 0.25) is 0 Å².